The minimum absolute atomic E-state index is 0.0950. The molecule has 1 atom stereocenters. The Morgan fingerprint density at radius 1 is 1.17 bits per heavy atom. The Morgan fingerprint density at radius 3 is 2.53 bits per heavy atom. The zero-order valence-electron chi connectivity index (χ0n) is 16.8. The predicted octanol–water partition coefficient (Wildman–Crippen LogP) is 2.59. The minimum Gasteiger partial charge on any atom is -0.346 e. The first-order chi connectivity index (χ1) is 14.2. The first-order valence-corrected chi connectivity index (χ1v) is 12.0. The molecule has 0 fully saturated rings. The molecule has 3 rings (SSSR count). The van der Waals surface area contributed by atoms with Crippen LogP contribution in [0.2, 0.25) is 0 Å². The molecule has 0 aromatic heterocycles. The van der Waals surface area contributed by atoms with Crippen molar-refractivity contribution >= 4 is 43.5 Å². The molecule has 2 aromatic rings. The number of hydrogen-bond acceptors (Lipinski definition) is 4. The zero-order chi connectivity index (χ0) is 21.9. The normalized spacial score (nSPS) is 16.6. The minimum atomic E-state index is -3.59. The zero-order valence-corrected chi connectivity index (χ0v) is 19.2. The van der Waals surface area contributed by atoms with Gasteiger partial charge in [0.25, 0.3) is 0 Å². The Labute approximate surface area is 185 Å². The molecule has 0 spiro atoms. The van der Waals surface area contributed by atoms with Crippen LogP contribution >= 0.6 is 15.9 Å². The summed E-state index contributed by atoms with van der Waals surface area (Å²) in [6, 6.07) is 12.1. The number of aryl methyl sites for hydroxylation is 1. The number of hydrogen-bond donors (Lipinski definition) is 2. The van der Waals surface area contributed by atoms with Crippen LogP contribution < -0.4 is 10.6 Å². The second-order valence-electron chi connectivity index (χ2n) is 7.16. The van der Waals surface area contributed by atoms with Crippen molar-refractivity contribution in [2.24, 2.45) is 0 Å². The summed E-state index contributed by atoms with van der Waals surface area (Å²) in [6.07, 6.45) is 0.272. The topological polar surface area (TPSA) is 95.6 Å². The molecule has 30 heavy (non-hydrogen) atoms. The number of carbonyl (C=O) groups is 2. The molecule has 2 N–H and O–H groups in total. The van der Waals surface area contributed by atoms with Gasteiger partial charge in [0, 0.05) is 16.7 Å². The molecule has 0 saturated carbocycles. The van der Waals surface area contributed by atoms with E-state index in [0.717, 1.165) is 21.2 Å². The van der Waals surface area contributed by atoms with E-state index in [4.69, 9.17) is 0 Å². The van der Waals surface area contributed by atoms with Gasteiger partial charge in [-0.25, -0.2) is 8.42 Å². The maximum atomic E-state index is 12.8. The molecule has 1 unspecified atom stereocenters. The van der Waals surface area contributed by atoms with E-state index in [-0.39, 0.29) is 31.2 Å². The predicted molar refractivity (Wildman–Crippen MR) is 119 cm³/mol. The van der Waals surface area contributed by atoms with Crippen LogP contribution in [0.5, 0.6) is 0 Å². The molecule has 0 aliphatic carbocycles. The van der Waals surface area contributed by atoms with Gasteiger partial charge in [0.15, 0.2) is 0 Å². The third-order valence-electron chi connectivity index (χ3n) is 5.12. The molecular weight excluding hydrogens is 470 g/mol. The fraction of sp³-hybridized carbons (Fsp3) is 0.333. The summed E-state index contributed by atoms with van der Waals surface area (Å²) in [6.45, 7) is 3.33. The number of sulfonamides is 1. The lowest BCUT2D eigenvalue weighted by molar-refractivity contribution is -0.127. The molecule has 7 nitrogen and oxygen atoms in total. The van der Waals surface area contributed by atoms with Gasteiger partial charge in [-0.2, -0.15) is 4.31 Å². The number of carbonyl (C=O) groups excluding carboxylic acids is 2. The number of rotatable bonds is 6. The largest absolute Gasteiger partial charge is 0.346 e. The van der Waals surface area contributed by atoms with Gasteiger partial charge in [-0.1, -0.05) is 40.2 Å². The van der Waals surface area contributed by atoms with Gasteiger partial charge in [0.1, 0.15) is 6.04 Å². The number of fused-ring (bicyclic) bond motifs is 1. The third-order valence-corrected chi connectivity index (χ3v) is 7.44. The molecule has 2 amide bonds. The van der Waals surface area contributed by atoms with E-state index in [1.54, 1.807) is 13.0 Å². The summed E-state index contributed by atoms with van der Waals surface area (Å²) in [5, 5.41) is 5.35. The van der Waals surface area contributed by atoms with E-state index < -0.39 is 22.0 Å². The van der Waals surface area contributed by atoms with Crippen molar-refractivity contribution in [1.29, 1.82) is 0 Å². The van der Waals surface area contributed by atoms with Crippen LogP contribution in [-0.4, -0.2) is 42.9 Å². The average molecular weight is 494 g/mol. The van der Waals surface area contributed by atoms with Gasteiger partial charge < -0.3 is 10.6 Å². The first-order valence-electron chi connectivity index (χ1n) is 9.61. The molecule has 160 valence electrons. The summed E-state index contributed by atoms with van der Waals surface area (Å²) < 4.78 is 27.3. The van der Waals surface area contributed by atoms with E-state index in [2.05, 4.69) is 26.6 Å². The van der Waals surface area contributed by atoms with Crippen molar-refractivity contribution in [1.82, 2.24) is 9.62 Å². The van der Waals surface area contributed by atoms with Crippen molar-refractivity contribution in [3.8, 4) is 0 Å². The highest BCUT2D eigenvalue weighted by molar-refractivity contribution is 9.10. The SMILES string of the molecule is CCS(=O)(=O)N1Cc2ccccc2CC1C(=O)NCC(=O)Nc1ccc(Br)cc1C. The number of nitrogens with one attached hydrogen (secondary N) is 2. The Morgan fingerprint density at radius 2 is 1.87 bits per heavy atom. The molecule has 0 saturated heterocycles. The van der Waals surface area contributed by atoms with Crippen molar-refractivity contribution in [2.45, 2.75) is 32.9 Å². The van der Waals surface area contributed by atoms with Crippen LogP contribution in [0.4, 0.5) is 5.69 Å². The summed E-state index contributed by atoms with van der Waals surface area (Å²) >= 11 is 3.37. The van der Waals surface area contributed by atoms with Gasteiger partial charge in [-0.3, -0.25) is 9.59 Å². The summed E-state index contributed by atoms with van der Waals surface area (Å²) in [7, 11) is -3.59. The van der Waals surface area contributed by atoms with Crippen molar-refractivity contribution in [3.05, 3.63) is 63.6 Å². The van der Waals surface area contributed by atoms with Gasteiger partial charge in [-0.05, 0) is 55.2 Å². The Bertz CT molecular complexity index is 1070. The number of halogens is 1. The molecule has 1 aliphatic heterocycles. The highest BCUT2D eigenvalue weighted by Gasteiger charge is 2.37. The molecule has 2 aromatic carbocycles. The summed E-state index contributed by atoms with van der Waals surface area (Å²) in [4.78, 5) is 25.1. The summed E-state index contributed by atoms with van der Waals surface area (Å²) in [5.74, 6) is -0.957. The maximum absolute atomic E-state index is 12.8. The van der Waals surface area contributed by atoms with E-state index in [1.807, 2.05) is 43.3 Å². The summed E-state index contributed by atoms with van der Waals surface area (Å²) in [5.41, 5.74) is 3.37. The second-order valence-corrected chi connectivity index (χ2v) is 10.3. The van der Waals surface area contributed by atoms with E-state index >= 15 is 0 Å². The van der Waals surface area contributed by atoms with Crippen molar-refractivity contribution in [3.63, 3.8) is 0 Å². The van der Waals surface area contributed by atoms with Gasteiger partial charge in [-0.15, -0.1) is 0 Å². The standard InChI is InChI=1S/C21H24BrN3O4S/c1-3-30(28,29)25-13-16-7-5-4-6-15(16)11-19(25)21(27)23-12-20(26)24-18-9-8-17(22)10-14(18)2/h4-10,19H,3,11-13H2,1-2H3,(H,23,27)(H,24,26). The Kier molecular flexibility index (Phi) is 6.95. The van der Waals surface area contributed by atoms with Crippen LogP contribution in [0.1, 0.15) is 23.6 Å². The van der Waals surface area contributed by atoms with Crippen molar-refractivity contribution < 1.29 is 18.0 Å². The monoisotopic (exact) mass is 493 g/mol. The lowest BCUT2D eigenvalue weighted by atomic mass is 9.95. The number of anilines is 1. The number of amides is 2. The fourth-order valence-corrected chi connectivity index (χ4v) is 5.13. The van der Waals surface area contributed by atoms with Gasteiger partial charge in [0.05, 0.1) is 12.3 Å². The first kappa shape index (κ1) is 22.5. The van der Waals surface area contributed by atoms with Crippen molar-refractivity contribution in [2.75, 3.05) is 17.6 Å². The lowest BCUT2D eigenvalue weighted by Gasteiger charge is -2.34. The van der Waals surface area contributed by atoms with Crippen LogP contribution in [0.3, 0.4) is 0 Å². The molecular formula is C21H24BrN3O4S. The third kappa shape index (κ3) is 5.08. The van der Waals surface area contributed by atoms with E-state index in [1.165, 1.54) is 4.31 Å². The average Bonchev–Trinajstić information content (AvgIpc) is 2.73. The van der Waals surface area contributed by atoms with Gasteiger partial charge in [0.2, 0.25) is 21.8 Å². The van der Waals surface area contributed by atoms with Crippen LogP contribution in [-0.2, 0) is 32.6 Å². The quantitative estimate of drug-likeness (QED) is 0.646. The smallest absolute Gasteiger partial charge is 0.243 e. The molecule has 1 aliphatic rings. The second kappa shape index (κ2) is 9.28. The van der Waals surface area contributed by atoms with E-state index in [0.29, 0.717) is 5.69 Å². The van der Waals surface area contributed by atoms with Crippen LogP contribution in [0.15, 0.2) is 46.9 Å². The Balaban J connectivity index is 1.70. The molecule has 1 heterocycles. The molecule has 0 radical (unpaired) electrons. The number of benzene rings is 2. The van der Waals surface area contributed by atoms with Crippen LogP contribution in [0.25, 0.3) is 0 Å². The maximum Gasteiger partial charge on any atom is 0.243 e. The lowest BCUT2D eigenvalue weighted by Crippen LogP contribution is -2.53. The highest BCUT2D eigenvalue weighted by Crippen LogP contribution is 2.26. The number of nitrogens with zero attached hydrogens (tertiary/aromatic N) is 1. The van der Waals surface area contributed by atoms with Crippen LogP contribution in [0, 0.1) is 6.92 Å². The van der Waals surface area contributed by atoms with Gasteiger partial charge >= 0.3 is 0 Å². The molecule has 9 heteroatoms. The Hall–Kier alpha value is -2.23. The fourth-order valence-electron chi connectivity index (χ4n) is 3.43. The molecule has 0 bridgehead atoms. The highest BCUT2D eigenvalue weighted by atomic mass is 79.9. The van der Waals surface area contributed by atoms with E-state index in [9.17, 15) is 18.0 Å².